The number of hydrogen-bond donors (Lipinski definition) is 3. The van der Waals surface area contributed by atoms with Crippen molar-refractivity contribution in [2.45, 2.75) is 25.2 Å². The first-order valence-electron chi connectivity index (χ1n) is 6.04. The minimum Gasteiger partial charge on any atom is -0.292 e. The maximum absolute atomic E-state index is 12.1. The van der Waals surface area contributed by atoms with Gasteiger partial charge in [-0.15, -0.1) is 10.2 Å². The normalized spacial score (nSPS) is 11.6. The van der Waals surface area contributed by atoms with Crippen molar-refractivity contribution < 1.29 is 8.42 Å². The van der Waals surface area contributed by atoms with E-state index in [1.54, 1.807) is 0 Å². The Balaban J connectivity index is 2.14. The SMILES string of the molecule is CC(C)Cc1nnc(NS(=O)(=O)c2cnc(NN)nc2)s1. The predicted octanol–water partition coefficient (Wildman–Crippen LogP) is 0.613. The summed E-state index contributed by atoms with van der Waals surface area (Å²) in [5.41, 5.74) is 2.22. The van der Waals surface area contributed by atoms with E-state index in [1.165, 1.54) is 11.3 Å². The molecule has 2 aromatic heterocycles. The maximum atomic E-state index is 12.1. The van der Waals surface area contributed by atoms with Crippen LogP contribution in [0, 0.1) is 5.92 Å². The van der Waals surface area contributed by atoms with Crippen LogP contribution in [0.4, 0.5) is 11.1 Å². The molecule has 0 atom stereocenters. The van der Waals surface area contributed by atoms with Gasteiger partial charge in [0, 0.05) is 6.42 Å². The topological polar surface area (TPSA) is 136 Å². The lowest BCUT2D eigenvalue weighted by Gasteiger charge is -2.04. The van der Waals surface area contributed by atoms with Crippen molar-refractivity contribution in [3.8, 4) is 0 Å². The lowest BCUT2D eigenvalue weighted by Crippen LogP contribution is -2.15. The van der Waals surface area contributed by atoms with Crippen LogP contribution < -0.4 is 16.0 Å². The lowest BCUT2D eigenvalue weighted by molar-refractivity contribution is 0.600. The second kappa shape index (κ2) is 6.28. The molecule has 2 rings (SSSR count). The third kappa shape index (κ3) is 4.06. The number of hydrazine groups is 1. The molecular weight excluding hydrogens is 314 g/mol. The third-order valence-corrected chi connectivity index (χ3v) is 4.62. The van der Waals surface area contributed by atoms with Gasteiger partial charge < -0.3 is 0 Å². The number of aromatic nitrogens is 4. The Morgan fingerprint density at radius 1 is 1.29 bits per heavy atom. The van der Waals surface area contributed by atoms with E-state index < -0.39 is 10.0 Å². The second-order valence-corrected chi connectivity index (χ2v) is 7.34. The number of sulfonamides is 1. The van der Waals surface area contributed by atoms with Crippen LogP contribution in [0.2, 0.25) is 0 Å². The zero-order valence-corrected chi connectivity index (χ0v) is 13.1. The molecule has 0 saturated heterocycles. The molecule has 21 heavy (non-hydrogen) atoms. The van der Waals surface area contributed by atoms with Crippen LogP contribution >= 0.6 is 11.3 Å². The van der Waals surface area contributed by atoms with E-state index in [4.69, 9.17) is 5.84 Å². The van der Waals surface area contributed by atoms with Crippen molar-refractivity contribution in [1.29, 1.82) is 0 Å². The van der Waals surface area contributed by atoms with E-state index in [9.17, 15) is 8.42 Å². The quantitative estimate of drug-likeness (QED) is 0.518. The summed E-state index contributed by atoms with van der Waals surface area (Å²) in [6.45, 7) is 4.10. The average Bonchev–Trinajstić information content (AvgIpc) is 2.84. The highest BCUT2D eigenvalue weighted by Gasteiger charge is 2.18. The maximum Gasteiger partial charge on any atom is 0.266 e. The van der Waals surface area contributed by atoms with Crippen molar-refractivity contribution in [2.24, 2.45) is 11.8 Å². The number of anilines is 2. The predicted molar refractivity (Wildman–Crippen MR) is 79.1 cm³/mol. The van der Waals surface area contributed by atoms with Gasteiger partial charge in [-0.25, -0.2) is 24.2 Å². The van der Waals surface area contributed by atoms with Gasteiger partial charge >= 0.3 is 0 Å². The molecule has 4 N–H and O–H groups in total. The lowest BCUT2D eigenvalue weighted by atomic mass is 10.1. The molecule has 0 saturated carbocycles. The van der Waals surface area contributed by atoms with E-state index in [1.807, 2.05) is 0 Å². The highest BCUT2D eigenvalue weighted by molar-refractivity contribution is 7.93. The van der Waals surface area contributed by atoms with Gasteiger partial charge in [-0.05, 0) is 5.92 Å². The molecule has 0 aliphatic heterocycles. The number of nitrogens with zero attached hydrogens (tertiary/aromatic N) is 4. The van der Waals surface area contributed by atoms with E-state index in [0.29, 0.717) is 5.92 Å². The van der Waals surface area contributed by atoms with Crippen LogP contribution in [0.15, 0.2) is 17.3 Å². The Hall–Kier alpha value is -1.85. The summed E-state index contributed by atoms with van der Waals surface area (Å²) >= 11 is 1.20. The molecule has 2 heterocycles. The Labute approximate surface area is 126 Å². The molecule has 2 aromatic rings. The van der Waals surface area contributed by atoms with E-state index >= 15 is 0 Å². The number of hydrogen-bond acceptors (Lipinski definition) is 9. The molecule has 0 fully saturated rings. The van der Waals surface area contributed by atoms with Gasteiger partial charge in [-0.2, -0.15) is 0 Å². The van der Waals surface area contributed by atoms with Crippen molar-refractivity contribution in [1.82, 2.24) is 20.2 Å². The molecule has 11 heteroatoms. The van der Waals surface area contributed by atoms with E-state index in [2.05, 4.69) is 44.2 Å². The van der Waals surface area contributed by atoms with Gasteiger partial charge in [0.25, 0.3) is 10.0 Å². The highest BCUT2D eigenvalue weighted by Crippen LogP contribution is 2.21. The van der Waals surface area contributed by atoms with Gasteiger partial charge in [0.2, 0.25) is 11.1 Å². The number of nitrogen functional groups attached to an aromatic ring is 1. The summed E-state index contributed by atoms with van der Waals surface area (Å²) in [7, 11) is -3.79. The van der Waals surface area contributed by atoms with Crippen molar-refractivity contribution in [3.05, 3.63) is 17.4 Å². The van der Waals surface area contributed by atoms with Crippen LogP contribution in [-0.2, 0) is 16.4 Å². The fraction of sp³-hybridized carbons (Fsp3) is 0.400. The standard InChI is InChI=1S/C10H15N7O2S2/c1-6(2)3-8-15-16-10(20-8)17-21(18,19)7-4-12-9(14-11)13-5-7/h4-6H,3,11H2,1-2H3,(H,16,17)(H,12,13,14). The van der Waals surface area contributed by atoms with Crippen molar-refractivity contribution in [2.75, 3.05) is 10.1 Å². The molecule has 0 spiro atoms. The third-order valence-electron chi connectivity index (χ3n) is 2.34. The van der Waals surface area contributed by atoms with Gasteiger partial charge in [-0.3, -0.25) is 10.1 Å². The minimum atomic E-state index is -3.79. The molecule has 0 aliphatic carbocycles. The fourth-order valence-electron chi connectivity index (χ4n) is 1.43. The average molecular weight is 329 g/mol. The molecule has 0 aliphatic rings. The first-order valence-corrected chi connectivity index (χ1v) is 8.34. The van der Waals surface area contributed by atoms with E-state index in [0.717, 1.165) is 23.8 Å². The summed E-state index contributed by atoms with van der Waals surface area (Å²) in [5.74, 6) is 5.67. The Bertz CT molecular complexity index is 696. The van der Waals surface area contributed by atoms with Crippen LogP contribution in [0.5, 0.6) is 0 Å². The first-order chi connectivity index (χ1) is 9.90. The molecular formula is C10H15N7O2S2. The number of nitrogens with two attached hydrogens (primary N) is 1. The fourth-order valence-corrected chi connectivity index (χ4v) is 3.50. The molecule has 9 nitrogen and oxygen atoms in total. The number of rotatable bonds is 6. The molecule has 0 unspecified atom stereocenters. The van der Waals surface area contributed by atoms with E-state index in [-0.39, 0.29) is 16.0 Å². The highest BCUT2D eigenvalue weighted by atomic mass is 32.2. The van der Waals surface area contributed by atoms with Crippen LogP contribution in [0.25, 0.3) is 0 Å². The van der Waals surface area contributed by atoms with Gasteiger partial charge in [0.1, 0.15) is 9.90 Å². The first kappa shape index (κ1) is 15.5. The Morgan fingerprint density at radius 3 is 2.52 bits per heavy atom. The summed E-state index contributed by atoms with van der Waals surface area (Å²) in [5, 5.41) is 8.76. The molecule has 0 amide bonds. The molecule has 0 radical (unpaired) electrons. The minimum absolute atomic E-state index is 0.0814. The van der Waals surface area contributed by atoms with Gasteiger partial charge in [-0.1, -0.05) is 25.2 Å². The van der Waals surface area contributed by atoms with Crippen LogP contribution in [0.3, 0.4) is 0 Å². The van der Waals surface area contributed by atoms with Gasteiger partial charge in [0.05, 0.1) is 12.4 Å². The summed E-state index contributed by atoms with van der Waals surface area (Å²) < 4.78 is 26.6. The molecule has 0 aromatic carbocycles. The Morgan fingerprint density at radius 2 is 1.95 bits per heavy atom. The summed E-state index contributed by atoms with van der Waals surface area (Å²) in [4.78, 5) is 7.42. The smallest absolute Gasteiger partial charge is 0.266 e. The zero-order chi connectivity index (χ0) is 15.5. The van der Waals surface area contributed by atoms with Crippen LogP contribution in [-0.4, -0.2) is 28.6 Å². The summed E-state index contributed by atoms with van der Waals surface area (Å²) in [6.07, 6.45) is 3.06. The zero-order valence-electron chi connectivity index (χ0n) is 11.4. The molecule has 114 valence electrons. The monoisotopic (exact) mass is 329 g/mol. The number of nitrogens with one attached hydrogen (secondary N) is 2. The second-order valence-electron chi connectivity index (χ2n) is 4.59. The largest absolute Gasteiger partial charge is 0.292 e. The van der Waals surface area contributed by atoms with Crippen molar-refractivity contribution >= 4 is 32.4 Å². The van der Waals surface area contributed by atoms with Crippen LogP contribution in [0.1, 0.15) is 18.9 Å². The summed E-state index contributed by atoms with van der Waals surface area (Å²) in [6, 6.07) is 0. The molecule has 0 bridgehead atoms. The Kier molecular flexibility index (Phi) is 4.65. The van der Waals surface area contributed by atoms with Crippen molar-refractivity contribution in [3.63, 3.8) is 0 Å². The van der Waals surface area contributed by atoms with Gasteiger partial charge in [0.15, 0.2) is 0 Å².